The van der Waals surface area contributed by atoms with E-state index in [-0.39, 0.29) is 5.89 Å². The molecule has 0 saturated heterocycles. The van der Waals surface area contributed by atoms with Gasteiger partial charge >= 0.3 is 5.63 Å². The van der Waals surface area contributed by atoms with Crippen LogP contribution in [-0.2, 0) is 0 Å². The summed E-state index contributed by atoms with van der Waals surface area (Å²) in [5.41, 5.74) is 1.75. The van der Waals surface area contributed by atoms with Gasteiger partial charge in [-0.3, -0.25) is 0 Å². The Hall–Kier alpha value is -1.36. The topological polar surface area (TPSA) is 43.1 Å². The van der Waals surface area contributed by atoms with Crippen molar-refractivity contribution < 1.29 is 4.42 Å². The molecule has 6 heteroatoms. The van der Waals surface area contributed by atoms with Gasteiger partial charge < -0.3 is 4.42 Å². The lowest BCUT2D eigenvalue weighted by molar-refractivity contribution is 0.519. The highest BCUT2D eigenvalue weighted by atomic mass is 35.5. The maximum Gasteiger partial charge on any atom is 0.357 e. The molecule has 0 fully saturated rings. The van der Waals surface area contributed by atoms with Gasteiger partial charge in [0.1, 0.15) is 4.70 Å². The van der Waals surface area contributed by atoms with Crippen molar-refractivity contribution in [2.75, 3.05) is 0 Å². The van der Waals surface area contributed by atoms with E-state index in [1.165, 1.54) is 11.3 Å². The van der Waals surface area contributed by atoms with E-state index in [1.807, 2.05) is 12.3 Å². The first-order valence-corrected chi connectivity index (χ1v) is 7.04. The van der Waals surface area contributed by atoms with Crippen LogP contribution in [0.5, 0.6) is 0 Å². The van der Waals surface area contributed by atoms with Gasteiger partial charge in [-0.15, -0.1) is 11.3 Å². The summed E-state index contributed by atoms with van der Waals surface area (Å²) in [7, 11) is 0. The summed E-state index contributed by atoms with van der Waals surface area (Å²) >= 11 is 13.3. The highest BCUT2D eigenvalue weighted by Crippen LogP contribution is 2.30. The van der Waals surface area contributed by atoms with Crippen molar-refractivity contribution in [1.82, 2.24) is 4.98 Å². The van der Waals surface area contributed by atoms with E-state index in [0.29, 0.717) is 25.8 Å². The average Bonchev–Trinajstić information content (AvgIpc) is 2.72. The molecule has 96 valence electrons. The molecular weight excluding hydrogens is 305 g/mol. The van der Waals surface area contributed by atoms with E-state index in [9.17, 15) is 4.79 Å². The minimum atomic E-state index is -0.399. The lowest BCUT2D eigenvalue weighted by Gasteiger charge is -2.03. The Labute approximate surface area is 122 Å². The van der Waals surface area contributed by atoms with Crippen LogP contribution in [0.1, 0.15) is 5.56 Å². The fraction of sp³-hybridized carbons (Fsp3) is 0.0769. The second-order valence-electron chi connectivity index (χ2n) is 4.03. The molecule has 0 bridgehead atoms. The second kappa shape index (κ2) is 4.63. The minimum Gasteiger partial charge on any atom is -0.402 e. The summed E-state index contributed by atoms with van der Waals surface area (Å²) in [6.07, 6.45) is 0. The van der Waals surface area contributed by atoms with E-state index in [1.54, 1.807) is 18.2 Å². The molecule has 0 radical (unpaired) electrons. The van der Waals surface area contributed by atoms with Crippen LogP contribution in [0, 0.1) is 6.92 Å². The molecular formula is C13H7Cl2NO2S. The average molecular weight is 312 g/mol. The fourth-order valence-corrected chi connectivity index (χ4v) is 3.11. The van der Waals surface area contributed by atoms with Crippen LogP contribution >= 0.6 is 34.5 Å². The highest BCUT2D eigenvalue weighted by molar-refractivity contribution is 7.17. The number of nitrogens with zero attached hydrogens (tertiary/aromatic N) is 1. The zero-order valence-electron chi connectivity index (χ0n) is 9.74. The number of hydrogen-bond donors (Lipinski definition) is 0. The second-order valence-corrected chi connectivity index (χ2v) is 5.75. The Morgan fingerprint density at radius 2 is 2.11 bits per heavy atom. The predicted molar refractivity (Wildman–Crippen MR) is 78.3 cm³/mol. The number of aromatic nitrogens is 1. The molecule has 2 aromatic heterocycles. The molecule has 3 aromatic rings. The van der Waals surface area contributed by atoms with Crippen LogP contribution in [0.3, 0.4) is 0 Å². The molecule has 0 unspecified atom stereocenters. The van der Waals surface area contributed by atoms with Gasteiger partial charge in [0.2, 0.25) is 5.89 Å². The lowest BCUT2D eigenvalue weighted by atomic mass is 10.2. The first kappa shape index (κ1) is 12.7. The van der Waals surface area contributed by atoms with Crippen molar-refractivity contribution in [3.63, 3.8) is 0 Å². The van der Waals surface area contributed by atoms with E-state index in [2.05, 4.69) is 4.98 Å². The monoisotopic (exact) mass is 311 g/mol. The predicted octanol–water partition coefficient (Wildman–Crippen LogP) is 4.53. The van der Waals surface area contributed by atoms with E-state index in [0.717, 1.165) is 5.56 Å². The summed E-state index contributed by atoms with van der Waals surface area (Å²) in [6.45, 7) is 1.90. The number of thiophene rings is 1. The van der Waals surface area contributed by atoms with Crippen molar-refractivity contribution in [1.29, 1.82) is 0 Å². The van der Waals surface area contributed by atoms with Crippen molar-refractivity contribution in [2.24, 2.45) is 0 Å². The van der Waals surface area contributed by atoms with Gasteiger partial charge in [-0.05, 0) is 36.1 Å². The van der Waals surface area contributed by atoms with Gasteiger partial charge in [0.05, 0.1) is 16.1 Å². The van der Waals surface area contributed by atoms with Crippen LogP contribution in [0.15, 0.2) is 32.8 Å². The number of fused-ring (bicyclic) bond motifs is 1. The maximum atomic E-state index is 11.9. The Balaban J connectivity index is 2.31. The van der Waals surface area contributed by atoms with Crippen LogP contribution in [-0.4, -0.2) is 4.98 Å². The Kier molecular flexibility index (Phi) is 3.09. The molecule has 3 nitrogen and oxygen atoms in total. The smallest absolute Gasteiger partial charge is 0.357 e. The lowest BCUT2D eigenvalue weighted by Crippen LogP contribution is -2.01. The maximum absolute atomic E-state index is 11.9. The third kappa shape index (κ3) is 2.16. The van der Waals surface area contributed by atoms with Gasteiger partial charge in [-0.1, -0.05) is 23.2 Å². The molecule has 3 rings (SSSR count). The van der Waals surface area contributed by atoms with Gasteiger partial charge in [0.25, 0.3) is 0 Å². The Bertz CT molecular complexity index is 838. The van der Waals surface area contributed by atoms with Crippen molar-refractivity contribution >= 4 is 44.8 Å². The van der Waals surface area contributed by atoms with Gasteiger partial charge in [0.15, 0.2) is 0 Å². The summed E-state index contributed by atoms with van der Waals surface area (Å²) in [6, 6.07) is 4.95. The first-order valence-electron chi connectivity index (χ1n) is 5.40. The Morgan fingerprint density at radius 1 is 1.32 bits per heavy atom. The fourth-order valence-electron chi connectivity index (χ4n) is 1.76. The summed E-state index contributed by atoms with van der Waals surface area (Å²) < 4.78 is 5.75. The summed E-state index contributed by atoms with van der Waals surface area (Å²) in [5.74, 6) is 0.209. The van der Waals surface area contributed by atoms with Gasteiger partial charge in [-0.25, -0.2) is 9.78 Å². The van der Waals surface area contributed by atoms with E-state index in [4.69, 9.17) is 27.6 Å². The number of benzene rings is 1. The molecule has 2 heterocycles. The molecule has 0 aliphatic carbocycles. The molecule has 0 spiro atoms. The van der Waals surface area contributed by atoms with Crippen LogP contribution < -0.4 is 5.63 Å². The van der Waals surface area contributed by atoms with Crippen LogP contribution in [0.25, 0.3) is 21.7 Å². The third-order valence-electron chi connectivity index (χ3n) is 2.69. The van der Waals surface area contributed by atoms with E-state index < -0.39 is 5.63 Å². The zero-order valence-corrected chi connectivity index (χ0v) is 12.1. The van der Waals surface area contributed by atoms with Gasteiger partial charge in [-0.2, -0.15) is 0 Å². The zero-order chi connectivity index (χ0) is 13.6. The number of halogens is 2. The molecule has 19 heavy (non-hydrogen) atoms. The minimum absolute atomic E-state index is 0.209. The van der Waals surface area contributed by atoms with Crippen molar-refractivity contribution in [2.45, 2.75) is 6.92 Å². The quantitative estimate of drug-likeness (QED) is 0.663. The molecule has 0 saturated carbocycles. The standard InChI is InChI=1S/C13H7Cl2NO2S/c1-6-5-19-11-10(6)16-12(18-13(11)17)8-3-2-7(14)4-9(8)15/h2-5H,1H3. The molecule has 0 aliphatic rings. The number of rotatable bonds is 1. The first-order chi connectivity index (χ1) is 9.06. The van der Waals surface area contributed by atoms with Crippen molar-refractivity contribution in [3.8, 4) is 11.5 Å². The van der Waals surface area contributed by atoms with E-state index >= 15 is 0 Å². The van der Waals surface area contributed by atoms with Crippen molar-refractivity contribution in [3.05, 3.63) is 49.6 Å². The summed E-state index contributed by atoms with van der Waals surface area (Å²) in [4.78, 5) is 16.3. The van der Waals surface area contributed by atoms with Crippen LogP contribution in [0.2, 0.25) is 10.0 Å². The largest absolute Gasteiger partial charge is 0.402 e. The summed E-state index contributed by atoms with van der Waals surface area (Å²) in [5, 5.41) is 2.79. The third-order valence-corrected chi connectivity index (χ3v) is 4.31. The molecule has 1 aromatic carbocycles. The number of aryl methyl sites for hydroxylation is 1. The molecule has 0 aliphatic heterocycles. The highest BCUT2D eigenvalue weighted by Gasteiger charge is 2.14. The van der Waals surface area contributed by atoms with Crippen LogP contribution in [0.4, 0.5) is 0 Å². The molecule has 0 amide bonds. The molecule has 0 N–H and O–H groups in total. The molecule has 0 atom stereocenters. The Morgan fingerprint density at radius 3 is 2.84 bits per heavy atom. The normalized spacial score (nSPS) is 11.1. The SMILES string of the molecule is Cc1csc2c(=O)oc(-c3ccc(Cl)cc3Cl)nc12. The van der Waals surface area contributed by atoms with Gasteiger partial charge in [0, 0.05) is 5.02 Å². The number of hydrogen-bond acceptors (Lipinski definition) is 4.